The van der Waals surface area contributed by atoms with Gasteiger partial charge in [-0.1, -0.05) is 17.7 Å². The molecular weight excluding hydrogens is 212 g/mol. The molecule has 3 nitrogen and oxygen atoms in total. The highest BCUT2D eigenvalue weighted by Gasteiger charge is 2.01. The number of carbonyl (C=O) groups is 1. The molecule has 2 N–H and O–H groups in total. The van der Waals surface area contributed by atoms with E-state index in [1.54, 1.807) is 7.05 Å². The summed E-state index contributed by atoms with van der Waals surface area (Å²) < 4.78 is 0. The highest BCUT2D eigenvalue weighted by atomic mass is 35.5. The van der Waals surface area contributed by atoms with E-state index in [2.05, 4.69) is 10.6 Å². The van der Waals surface area contributed by atoms with Crippen molar-refractivity contribution < 1.29 is 4.79 Å². The smallest absolute Gasteiger partial charge is 0.221 e. The van der Waals surface area contributed by atoms with Crippen LogP contribution in [0.15, 0.2) is 18.2 Å². The van der Waals surface area contributed by atoms with Crippen molar-refractivity contribution in [1.82, 2.24) is 5.32 Å². The predicted octanol–water partition coefficient (Wildman–Crippen LogP) is 2.20. The number of amides is 1. The SMILES string of the molecule is CNC(=O)CCNc1ccc(C)cc1Cl. The summed E-state index contributed by atoms with van der Waals surface area (Å²) in [5.41, 5.74) is 1.99. The lowest BCUT2D eigenvalue weighted by Gasteiger charge is -2.08. The maximum Gasteiger partial charge on any atom is 0.221 e. The molecule has 15 heavy (non-hydrogen) atoms. The summed E-state index contributed by atoms with van der Waals surface area (Å²) in [6.45, 7) is 2.57. The molecule has 1 aromatic rings. The van der Waals surface area contributed by atoms with Crippen LogP contribution in [-0.2, 0) is 4.79 Å². The second kappa shape index (κ2) is 5.61. The first-order chi connectivity index (χ1) is 7.13. The van der Waals surface area contributed by atoms with Crippen molar-refractivity contribution in [2.24, 2.45) is 0 Å². The van der Waals surface area contributed by atoms with Gasteiger partial charge in [0.2, 0.25) is 5.91 Å². The highest BCUT2D eigenvalue weighted by Crippen LogP contribution is 2.22. The standard InChI is InChI=1S/C11H15ClN2O/c1-8-3-4-10(9(12)7-8)14-6-5-11(15)13-2/h3-4,7,14H,5-6H2,1-2H3,(H,13,15). The number of anilines is 1. The van der Waals surface area contributed by atoms with Gasteiger partial charge in [0.1, 0.15) is 0 Å². The van der Waals surface area contributed by atoms with Crippen LogP contribution >= 0.6 is 11.6 Å². The Morgan fingerprint density at radius 2 is 2.20 bits per heavy atom. The fraction of sp³-hybridized carbons (Fsp3) is 0.364. The predicted molar refractivity (Wildman–Crippen MR) is 63.4 cm³/mol. The molecule has 0 unspecified atom stereocenters. The van der Waals surface area contributed by atoms with E-state index in [0.717, 1.165) is 11.3 Å². The van der Waals surface area contributed by atoms with Crippen LogP contribution in [0.25, 0.3) is 0 Å². The van der Waals surface area contributed by atoms with Gasteiger partial charge in [-0.25, -0.2) is 0 Å². The minimum Gasteiger partial charge on any atom is -0.383 e. The summed E-state index contributed by atoms with van der Waals surface area (Å²) >= 11 is 6.02. The maximum atomic E-state index is 11.0. The first kappa shape index (κ1) is 11.9. The van der Waals surface area contributed by atoms with Gasteiger partial charge in [0.15, 0.2) is 0 Å². The van der Waals surface area contributed by atoms with Crippen LogP contribution in [0.4, 0.5) is 5.69 Å². The van der Waals surface area contributed by atoms with Gasteiger partial charge in [0, 0.05) is 20.0 Å². The molecule has 0 aliphatic rings. The molecule has 0 aliphatic heterocycles. The topological polar surface area (TPSA) is 41.1 Å². The molecular formula is C11H15ClN2O. The molecule has 0 bridgehead atoms. The van der Waals surface area contributed by atoms with Crippen molar-refractivity contribution >= 4 is 23.2 Å². The highest BCUT2D eigenvalue weighted by molar-refractivity contribution is 6.33. The number of aryl methyl sites for hydroxylation is 1. The number of nitrogens with one attached hydrogen (secondary N) is 2. The Morgan fingerprint density at radius 1 is 1.47 bits per heavy atom. The molecule has 0 heterocycles. The Balaban J connectivity index is 2.47. The average molecular weight is 227 g/mol. The molecule has 0 radical (unpaired) electrons. The fourth-order valence-corrected chi connectivity index (χ4v) is 1.50. The van der Waals surface area contributed by atoms with Crippen LogP contribution in [-0.4, -0.2) is 19.5 Å². The van der Waals surface area contributed by atoms with E-state index in [0.29, 0.717) is 18.0 Å². The van der Waals surface area contributed by atoms with Crippen molar-refractivity contribution in [2.75, 3.05) is 18.9 Å². The number of carbonyl (C=O) groups excluding carboxylic acids is 1. The molecule has 0 spiro atoms. The Labute approximate surface area is 94.8 Å². The molecule has 1 rings (SSSR count). The van der Waals surface area contributed by atoms with Crippen LogP contribution in [0.2, 0.25) is 5.02 Å². The fourth-order valence-electron chi connectivity index (χ4n) is 1.20. The van der Waals surface area contributed by atoms with E-state index in [-0.39, 0.29) is 5.91 Å². The zero-order valence-electron chi connectivity index (χ0n) is 8.93. The van der Waals surface area contributed by atoms with Gasteiger partial charge in [-0.2, -0.15) is 0 Å². The molecule has 4 heteroatoms. The second-order valence-electron chi connectivity index (χ2n) is 3.33. The van der Waals surface area contributed by atoms with Gasteiger partial charge in [-0.15, -0.1) is 0 Å². The molecule has 0 saturated heterocycles. The third kappa shape index (κ3) is 3.80. The molecule has 0 saturated carbocycles. The lowest BCUT2D eigenvalue weighted by atomic mass is 10.2. The summed E-state index contributed by atoms with van der Waals surface area (Å²) in [7, 11) is 1.63. The molecule has 0 atom stereocenters. The summed E-state index contributed by atoms with van der Waals surface area (Å²) in [5, 5.41) is 6.36. The molecule has 1 amide bonds. The lowest BCUT2D eigenvalue weighted by molar-refractivity contribution is -0.120. The van der Waals surface area contributed by atoms with E-state index in [1.807, 2.05) is 25.1 Å². The van der Waals surface area contributed by atoms with Gasteiger partial charge < -0.3 is 10.6 Å². The first-order valence-corrected chi connectivity index (χ1v) is 5.22. The van der Waals surface area contributed by atoms with Crippen LogP contribution in [0.5, 0.6) is 0 Å². The largest absolute Gasteiger partial charge is 0.383 e. The van der Waals surface area contributed by atoms with Gasteiger partial charge in [0.05, 0.1) is 10.7 Å². The number of hydrogen-bond donors (Lipinski definition) is 2. The Morgan fingerprint density at radius 3 is 2.80 bits per heavy atom. The van der Waals surface area contributed by atoms with E-state index in [1.165, 1.54) is 0 Å². The number of halogens is 1. The maximum absolute atomic E-state index is 11.0. The van der Waals surface area contributed by atoms with Gasteiger partial charge in [0.25, 0.3) is 0 Å². The van der Waals surface area contributed by atoms with E-state index in [9.17, 15) is 4.79 Å². The Hall–Kier alpha value is -1.22. The van der Waals surface area contributed by atoms with Crippen molar-refractivity contribution in [1.29, 1.82) is 0 Å². The normalized spacial score (nSPS) is 9.80. The summed E-state index contributed by atoms with van der Waals surface area (Å²) in [6.07, 6.45) is 0.445. The summed E-state index contributed by atoms with van der Waals surface area (Å²) in [4.78, 5) is 11.0. The van der Waals surface area contributed by atoms with E-state index >= 15 is 0 Å². The van der Waals surface area contributed by atoms with Crippen LogP contribution in [0.3, 0.4) is 0 Å². The van der Waals surface area contributed by atoms with Crippen LogP contribution in [0, 0.1) is 6.92 Å². The Kier molecular flexibility index (Phi) is 4.43. The average Bonchev–Trinajstić information content (AvgIpc) is 2.21. The number of benzene rings is 1. The first-order valence-electron chi connectivity index (χ1n) is 4.84. The van der Waals surface area contributed by atoms with E-state index in [4.69, 9.17) is 11.6 Å². The zero-order chi connectivity index (χ0) is 11.3. The van der Waals surface area contributed by atoms with Gasteiger partial charge >= 0.3 is 0 Å². The Bertz CT molecular complexity index is 352. The quantitative estimate of drug-likeness (QED) is 0.827. The number of hydrogen-bond acceptors (Lipinski definition) is 2. The van der Waals surface area contributed by atoms with E-state index < -0.39 is 0 Å². The van der Waals surface area contributed by atoms with Gasteiger partial charge in [-0.3, -0.25) is 4.79 Å². The van der Waals surface area contributed by atoms with Crippen LogP contribution in [0.1, 0.15) is 12.0 Å². The summed E-state index contributed by atoms with van der Waals surface area (Å²) in [5.74, 6) is 0.0192. The molecule has 0 aliphatic carbocycles. The van der Waals surface area contributed by atoms with Crippen molar-refractivity contribution in [3.8, 4) is 0 Å². The molecule has 82 valence electrons. The molecule has 0 fully saturated rings. The molecule has 1 aromatic carbocycles. The second-order valence-corrected chi connectivity index (χ2v) is 3.74. The minimum absolute atomic E-state index is 0.0192. The monoisotopic (exact) mass is 226 g/mol. The van der Waals surface area contributed by atoms with Crippen molar-refractivity contribution in [3.05, 3.63) is 28.8 Å². The molecule has 0 aromatic heterocycles. The number of rotatable bonds is 4. The summed E-state index contributed by atoms with van der Waals surface area (Å²) in [6, 6.07) is 5.79. The minimum atomic E-state index is 0.0192. The zero-order valence-corrected chi connectivity index (χ0v) is 9.69. The van der Waals surface area contributed by atoms with Gasteiger partial charge in [-0.05, 0) is 24.6 Å². The van der Waals surface area contributed by atoms with Crippen molar-refractivity contribution in [2.45, 2.75) is 13.3 Å². The lowest BCUT2D eigenvalue weighted by Crippen LogP contribution is -2.20. The third-order valence-electron chi connectivity index (χ3n) is 2.07. The van der Waals surface area contributed by atoms with Crippen LogP contribution < -0.4 is 10.6 Å². The van der Waals surface area contributed by atoms with Crippen molar-refractivity contribution in [3.63, 3.8) is 0 Å². The third-order valence-corrected chi connectivity index (χ3v) is 2.38.